The van der Waals surface area contributed by atoms with Crippen molar-refractivity contribution in [1.82, 2.24) is 19.9 Å². The van der Waals surface area contributed by atoms with Gasteiger partial charge in [0, 0.05) is 18.5 Å². The SMILES string of the molecule is Cc1cnc(Sc2cc(Cl)nc(C)n2)nc1. The van der Waals surface area contributed by atoms with Crippen molar-refractivity contribution in [2.45, 2.75) is 24.0 Å². The van der Waals surface area contributed by atoms with E-state index in [1.54, 1.807) is 25.4 Å². The molecule has 0 amide bonds. The van der Waals surface area contributed by atoms with Crippen LogP contribution in [-0.2, 0) is 0 Å². The van der Waals surface area contributed by atoms with E-state index in [-0.39, 0.29) is 0 Å². The maximum absolute atomic E-state index is 5.84. The molecule has 2 aromatic heterocycles. The quantitative estimate of drug-likeness (QED) is 0.608. The summed E-state index contributed by atoms with van der Waals surface area (Å²) in [5.41, 5.74) is 1.03. The molecule has 0 spiro atoms. The van der Waals surface area contributed by atoms with Crippen LogP contribution in [0.5, 0.6) is 0 Å². The third-order valence-corrected chi connectivity index (χ3v) is 2.74. The molecule has 0 aliphatic heterocycles. The second-order valence-corrected chi connectivity index (χ2v) is 4.60. The van der Waals surface area contributed by atoms with Crippen LogP contribution in [0.3, 0.4) is 0 Å². The molecule has 2 aromatic rings. The molecular weight excluding hydrogens is 244 g/mol. The summed E-state index contributed by atoms with van der Waals surface area (Å²) in [6, 6.07) is 1.70. The van der Waals surface area contributed by atoms with Gasteiger partial charge in [0.25, 0.3) is 0 Å². The van der Waals surface area contributed by atoms with Crippen LogP contribution in [0.2, 0.25) is 5.15 Å². The molecule has 0 saturated heterocycles. The number of nitrogens with zero attached hydrogens (tertiary/aromatic N) is 4. The average Bonchev–Trinajstić information content (AvgIpc) is 2.20. The van der Waals surface area contributed by atoms with Crippen molar-refractivity contribution >= 4 is 23.4 Å². The van der Waals surface area contributed by atoms with Crippen LogP contribution in [0, 0.1) is 13.8 Å². The van der Waals surface area contributed by atoms with Crippen LogP contribution in [0.4, 0.5) is 0 Å². The van der Waals surface area contributed by atoms with Crippen molar-refractivity contribution in [2.24, 2.45) is 0 Å². The summed E-state index contributed by atoms with van der Waals surface area (Å²) in [5, 5.41) is 1.84. The highest BCUT2D eigenvalue weighted by atomic mass is 35.5. The van der Waals surface area contributed by atoms with E-state index in [0.717, 1.165) is 10.6 Å². The molecular formula is C10H9ClN4S. The van der Waals surface area contributed by atoms with Gasteiger partial charge in [0.15, 0.2) is 5.16 Å². The minimum atomic E-state index is 0.433. The second kappa shape index (κ2) is 4.76. The minimum absolute atomic E-state index is 0.433. The number of aryl methyl sites for hydroxylation is 2. The van der Waals surface area contributed by atoms with Crippen LogP contribution < -0.4 is 0 Å². The van der Waals surface area contributed by atoms with Crippen molar-refractivity contribution < 1.29 is 0 Å². The van der Waals surface area contributed by atoms with E-state index >= 15 is 0 Å². The van der Waals surface area contributed by atoms with E-state index in [2.05, 4.69) is 19.9 Å². The van der Waals surface area contributed by atoms with Gasteiger partial charge in [0.1, 0.15) is 16.0 Å². The van der Waals surface area contributed by atoms with Crippen LogP contribution in [0.25, 0.3) is 0 Å². The Balaban J connectivity index is 2.23. The van der Waals surface area contributed by atoms with Crippen molar-refractivity contribution in [3.05, 3.63) is 35.0 Å². The Morgan fingerprint density at radius 2 is 1.81 bits per heavy atom. The first-order chi connectivity index (χ1) is 7.63. The number of hydrogen-bond acceptors (Lipinski definition) is 5. The molecule has 0 fully saturated rings. The highest BCUT2D eigenvalue weighted by Crippen LogP contribution is 2.23. The van der Waals surface area contributed by atoms with Crippen LogP contribution in [0.15, 0.2) is 28.6 Å². The van der Waals surface area contributed by atoms with Gasteiger partial charge in [-0.2, -0.15) is 0 Å². The Morgan fingerprint density at radius 1 is 1.12 bits per heavy atom. The first-order valence-corrected chi connectivity index (χ1v) is 5.80. The summed E-state index contributed by atoms with van der Waals surface area (Å²) in [6.45, 7) is 3.74. The fourth-order valence-corrected chi connectivity index (χ4v) is 2.12. The molecule has 4 nitrogen and oxygen atoms in total. The summed E-state index contributed by atoms with van der Waals surface area (Å²) >= 11 is 7.20. The minimum Gasteiger partial charge on any atom is -0.231 e. The number of aromatic nitrogens is 4. The van der Waals surface area contributed by atoms with Gasteiger partial charge in [-0.1, -0.05) is 11.6 Å². The zero-order chi connectivity index (χ0) is 11.5. The predicted molar refractivity (Wildman–Crippen MR) is 62.7 cm³/mol. The first kappa shape index (κ1) is 11.3. The van der Waals surface area contributed by atoms with Crippen molar-refractivity contribution in [3.63, 3.8) is 0 Å². The summed E-state index contributed by atoms with van der Waals surface area (Å²) in [7, 11) is 0. The van der Waals surface area contributed by atoms with Gasteiger partial charge < -0.3 is 0 Å². The molecule has 0 aromatic carbocycles. The number of halogens is 1. The molecule has 2 rings (SSSR count). The van der Waals surface area contributed by atoms with Crippen molar-refractivity contribution in [3.8, 4) is 0 Å². The zero-order valence-corrected chi connectivity index (χ0v) is 10.4. The molecule has 0 unspecified atom stereocenters. The van der Waals surface area contributed by atoms with E-state index in [9.17, 15) is 0 Å². The lowest BCUT2D eigenvalue weighted by Gasteiger charge is -2.01. The van der Waals surface area contributed by atoms with Gasteiger partial charge in [-0.05, 0) is 31.2 Å². The number of hydrogen-bond donors (Lipinski definition) is 0. The average molecular weight is 253 g/mol. The molecule has 6 heteroatoms. The van der Waals surface area contributed by atoms with Crippen molar-refractivity contribution in [1.29, 1.82) is 0 Å². The highest BCUT2D eigenvalue weighted by molar-refractivity contribution is 7.99. The van der Waals surface area contributed by atoms with Gasteiger partial charge in [0.2, 0.25) is 0 Å². The lowest BCUT2D eigenvalue weighted by atomic mass is 10.4. The molecule has 2 heterocycles. The summed E-state index contributed by atoms with van der Waals surface area (Å²) < 4.78 is 0. The first-order valence-electron chi connectivity index (χ1n) is 4.61. The molecule has 0 aliphatic rings. The second-order valence-electron chi connectivity index (χ2n) is 3.22. The molecule has 0 atom stereocenters. The fraction of sp³-hybridized carbons (Fsp3) is 0.200. The van der Waals surface area contributed by atoms with Crippen LogP contribution >= 0.6 is 23.4 Å². The molecule has 82 valence electrons. The summed E-state index contributed by atoms with van der Waals surface area (Å²) in [6.07, 6.45) is 3.54. The van der Waals surface area contributed by atoms with Crippen LogP contribution in [0.1, 0.15) is 11.4 Å². The smallest absolute Gasteiger partial charge is 0.193 e. The summed E-state index contributed by atoms with van der Waals surface area (Å²) in [5.74, 6) is 0.641. The molecule has 0 N–H and O–H groups in total. The normalized spacial score (nSPS) is 10.4. The van der Waals surface area contributed by atoms with Gasteiger partial charge >= 0.3 is 0 Å². The van der Waals surface area contributed by atoms with Gasteiger partial charge in [-0.15, -0.1) is 0 Å². The van der Waals surface area contributed by atoms with Gasteiger partial charge in [-0.3, -0.25) is 0 Å². The maximum Gasteiger partial charge on any atom is 0.193 e. The lowest BCUT2D eigenvalue weighted by Crippen LogP contribution is -1.92. The molecule has 0 saturated carbocycles. The third kappa shape index (κ3) is 2.90. The van der Waals surface area contributed by atoms with Gasteiger partial charge in [-0.25, -0.2) is 19.9 Å². The van der Waals surface area contributed by atoms with E-state index < -0.39 is 0 Å². The van der Waals surface area contributed by atoms with E-state index in [1.807, 2.05) is 6.92 Å². The Morgan fingerprint density at radius 3 is 2.44 bits per heavy atom. The lowest BCUT2D eigenvalue weighted by molar-refractivity contribution is 0.928. The Kier molecular flexibility index (Phi) is 3.36. The van der Waals surface area contributed by atoms with E-state index in [0.29, 0.717) is 16.1 Å². The highest BCUT2D eigenvalue weighted by Gasteiger charge is 2.04. The molecule has 0 radical (unpaired) electrons. The number of rotatable bonds is 2. The standard InChI is InChI=1S/C10H9ClN4S/c1-6-4-12-10(13-5-6)16-9-3-8(11)14-7(2)15-9/h3-5H,1-2H3. The largest absolute Gasteiger partial charge is 0.231 e. The topological polar surface area (TPSA) is 51.6 Å². The molecule has 16 heavy (non-hydrogen) atoms. The monoisotopic (exact) mass is 252 g/mol. The third-order valence-electron chi connectivity index (χ3n) is 1.74. The maximum atomic E-state index is 5.84. The Bertz CT molecular complexity index is 480. The summed E-state index contributed by atoms with van der Waals surface area (Å²) in [4.78, 5) is 16.6. The van der Waals surface area contributed by atoms with Crippen LogP contribution in [-0.4, -0.2) is 19.9 Å². The van der Waals surface area contributed by atoms with Gasteiger partial charge in [0.05, 0.1) is 0 Å². The Hall–Kier alpha value is -1.20. The van der Waals surface area contributed by atoms with Crippen molar-refractivity contribution in [2.75, 3.05) is 0 Å². The fourth-order valence-electron chi connectivity index (χ4n) is 1.08. The zero-order valence-electron chi connectivity index (χ0n) is 8.81. The molecule has 0 bridgehead atoms. The van der Waals surface area contributed by atoms with E-state index in [1.165, 1.54) is 11.8 Å². The predicted octanol–water partition coefficient (Wildman–Crippen LogP) is 2.69. The molecule has 0 aliphatic carbocycles. The van der Waals surface area contributed by atoms with E-state index in [4.69, 9.17) is 11.6 Å². The Labute approximate surface area is 103 Å².